The zero-order valence-corrected chi connectivity index (χ0v) is 13.5. The molecule has 0 spiro atoms. The highest BCUT2D eigenvalue weighted by molar-refractivity contribution is 7.90. The Labute approximate surface area is 129 Å². The van der Waals surface area contributed by atoms with Crippen molar-refractivity contribution in [2.45, 2.75) is 37.5 Å². The summed E-state index contributed by atoms with van der Waals surface area (Å²) < 4.78 is 28.7. The predicted molar refractivity (Wildman–Crippen MR) is 80.9 cm³/mol. The first-order chi connectivity index (χ1) is 10.3. The van der Waals surface area contributed by atoms with Crippen LogP contribution < -0.4 is 0 Å². The third-order valence-electron chi connectivity index (χ3n) is 4.17. The topological polar surface area (TPSA) is 77.2 Å². The second kappa shape index (κ2) is 5.05. The summed E-state index contributed by atoms with van der Waals surface area (Å²) in [5.41, 5.74) is 2.26. The van der Waals surface area contributed by atoms with Crippen LogP contribution >= 0.6 is 0 Å². The fourth-order valence-electron chi connectivity index (χ4n) is 2.65. The van der Waals surface area contributed by atoms with Gasteiger partial charge in [-0.2, -0.15) is 0 Å². The van der Waals surface area contributed by atoms with E-state index in [0.29, 0.717) is 28.0 Å². The summed E-state index contributed by atoms with van der Waals surface area (Å²) in [7, 11) is -3.31. The molecule has 5 nitrogen and oxygen atoms in total. The van der Waals surface area contributed by atoms with E-state index in [1.165, 1.54) is 18.5 Å². The van der Waals surface area contributed by atoms with Gasteiger partial charge in [0.15, 0.2) is 21.4 Å². The number of carbonyl (C=O) groups excluding carboxylic acids is 1. The molecule has 0 unspecified atom stereocenters. The molecule has 1 aliphatic carbocycles. The van der Waals surface area contributed by atoms with Crippen LogP contribution in [0.4, 0.5) is 0 Å². The predicted octanol–water partition coefficient (Wildman–Crippen LogP) is 2.80. The van der Waals surface area contributed by atoms with E-state index < -0.39 is 9.84 Å². The highest BCUT2D eigenvalue weighted by Crippen LogP contribution is 2.42. The van der Waals surface area contributed by atoms with Gasteiger partial charge in [0, 0.05) is 17.7 Å². The van der Waals surface area contributed by atoms with E-state index in [1.807, 2.05) is 0 Å². The molecule has 0 atom stereocenters. The van der Waals surface area contributed by atoms with Crippen LogP contribution in [0.5, 0.6) is 0 Å². The molecule has 0 bridgehead atoms. The van der Waals surface area contributed by atoms with E-state index in [2.05, 4.69) is 5.16 Å². The van der Waals surface area contributed by atoms with Gasteiger partial charge in [-0.25, -0.2) is 8.42 Å². The molecule has 1 aromatic heterocycles. The van der Waals surface area contributed by atoms with Crippen LogP contribution in [-0.4, -0.2) is 25.6 Å². The van der Waals surface area contributed by atoms with Gasteiger partial charge in [-0.3, -0.25) is 4.79 Å². The summed E-state index contributed by atoms with van der Waals surface area (Å²) in [4.78, 5) is 13.0. The van der Waals surface area contributed by atoms with Crippen molar-refractivity contribution in [3.8, 4) is 0 Å². The van der Waals surface area contributed by atoms with Crippen molar-refractivity contribution in [1.29, 1.82) is 0 Å². The Morgan fingerprint density at radius 2 is 1.86 bits per heavy atom. The van der Waals surface area contributed by atoms with Crippen molar-refractivity contribution in [2.75, 3.05) is 6.26 Å². The van der Waals surface area contributed by atoms with Crippen LogP contribution in [0.2, 0.25) is 0 Å². The van der Waals surface area contributed by atoms with Crippen LogP contribution in [0, 0.1) is 13.8 Å². The molecule has 22 heavy (non-hydrogen) atoms. The quantitative estimate of drug-likeness (QED) is 0.810. The Balaban J connectivity index is 2.07. The maximum atomic E-state index is 12.7. The molecule has 0 saturated heterocycles. The summed E-state index contributed by atoms with van der Waals surface area (Å²) in [6, 6.07) is 3.07. The number of carbonyl (C=O) groups is 1. The lowest BCUT2D eigenvalue weighted by Gasteiger charge is -2.11. The van der Waals surface area contributed by atoms with E-state index >= 15 is 0 Å². The molecule has 1 heterocycles. The molecule has 0 N–H and O–H groups in total. The van der Waals surface area contributed by atoms with Crippen LogP contribution in [-0.2, 0) is 9.84 Å². The van der Waals surface area contributed by atoms with Gasteiger partial charge >= 0.3 is 0 Å². The van der Waals surface area contributed by atoms with E-state index in [4.69, 9.17) is 4.52 Å². The number of hydrogen-bond acceptors (Lipinski definition) is 5. The Morgan fingerprint density at radius 3 is 2.45 bits per heavy atom. The van der Waals surface area contributed by atoms with Crippen LogP contribution in [0.3, 0.4) is 0 Å². The van der Waals surface area contributed by atoms with Crippen LogP contribution in [0.15, 0.2) is 27.7 Å². The van der Waals surface area contributed by atoms with Gasteiger partial charge in [0.1, 0.15) is 0 Å². The molecule has 0 aliphatic heterocycles. The van der Waals surface area contributed by atoms with Gasteiger partial charge in [0.05, 0.1) is 16.7 Å². The molecule has 2 aromatic rings. The molecular formula is C16H17NO4S. The Bertz CT molecular complexity index is 860. The van der Waals surface area contributed by atoms with Gasteiger partial charge in [0.2, 0.25) is 0 Å². The number of nitrogens with zero attached hydrogens (tertiary/aromatic N) is 1. The van der Waals surface area contributed by atoms with Crippen molar-refractivity contribution in [3.05, 3.63) is 46.3 Å². The standard InChI is InChI=1S/C16H17NO4S/c1-9-10(2)14(22(3,19)20)7-6-12(9)15(18)13-8-17-21-16(13)11-4-5-11/h6-8,11H,4-5H2,1-3H3. The summed E-state index contributed by atoms with van der Waals surface area (Å²) in [5.74, 6) is 0.774. The van der Waals surface area contributed by atoms with E-state index in [0.717, 1.165) is 12.8 Å². The lowest BCUT2D eigenvalue weighted by molar-refractivity contribution is 0.103. The molecular weight excluding hydrogens is 302 g/mol. The number of rotatable bonds is 4. The fraction of sp³-hybridized carbons (Fsp3) is 0.375. The maximum absolute atomic E-state index is 12.7. The first-order valence-corrected chi connectivity index (χ1v) is 8.99. The largest absolute Gasteiger partial charge is 0.360 e. The Kier molecular flexibility index (Phi) is 3.44. The number of ketones is 1. The third-order valence-corrected chi connectivity index (χ3v) is 5.41. The van der Waals surface area contributed by atoms with Crippen molar-refractivity contribution in [1.82, 2.24) is 5.16 Å². The normalized spacial score (nSPS) is 15.0. The van der Waals surface area contributed by atoms with Gasteiger partial charge in [0.25, 0.3) is 0 Å². The molecule has 1 aromatic carbocycles. The van der Waals surface area contributed by atoms with Crippen LogP contribution in [0.1, 0.15) is 51.6 Å². The minimum Gasteiger partial charge on any atom is -0.360 e. The summed E-state index contributed by atoms with van der Waals surface area (Å²) in [6.07, 6.45) is 4.65. The molecule has 6 heteroatoms. The molecule has 1 aliphatic rings. The van der Waals surface area contributed by atoms with Crippen LogP contribution in [0.25, 0.3) is 0 Å². The Morgan fingerprint density at radius 1 is 1.18 bits per heavy atom. The van der Waals surface area contributed by atoms with Crippen molar-refractivity contribution in [3.63, 3.8) is 0 Å². The zero-order chi connectivity index (χ0) is 16.1. The average Bonchev–Trinajstić information content (AvgIpc) is 3.17. The molecule has 3 rings (SSSR count). The molecule has 1 saturated carbocycles. The zero-order valence-electron chi connectivity index (χ0n) is 12.7. The van der Waals surface area contributed by atoms with E-state index in [9.17, 15) is 13.2 Å². The minimum atomic E-state index is -3.31. The first-order valence-electron chi connectivity index (χ1n) is 7.10. The lowest BCUT2D eigenvalue weighted by atomic mass is 9.96. The SMILES string of the molecule is Cc1c(C(=O)c2cnoc2C2CC2)ccc(S(C)(=O)=O)c1C. The molecule has 0 radical (unpaired) electrons. The van der Waals surface area contributed by atoms with Crippen molar-refractivity contribution < 1.29 is 17.7 Å². The van der Waals surface area contributed by atoms with Gasteiger partial charge in [-0.15, -0.1) is 0 Å². The second-order valence-corrected chi connectivity index (χ2v) is 7.82. The second-order valence-electron chi connectivity index (χ2n) is 5.84. The van der Waals surface area contributed by atoms with E-state index in [1.54, 1.807) is 19.9 Å². The number of benzene rings is 1. The summed E-state index contributed by atoms with van der Waals surface area (Å²) in [6.45, 7) is 3.49. The van der Waals surface area contributed by atoms with Crippen molar-refractivity contribution >= 4 is 15.6 Å². The first kappa shape index (κ1) is 15.0. The van der Waals surface area contributed by atoms with Crippen molar-refractivity contribution in [2.24, 2.45) is 0 Å². The molecule has 1 fully saturated rings. The number of aromatic nitrogens is 1. The summed E-state index contributed by atoms with van der Waals surface area (Å²) in [5, 5.41) is 3.75. The van der Waals surface area contributed by atoms with Gasteiger partial charge in [-0.1, -0.05) is 5.16 Å². The third kappa shape index (κ3) is 2.47. The molecule has 0 amide bonds. The van der Waals surface area contributed by atoms with E-state index in [-0.39, 0.29) is 16.6 Å². The molecule has 116 valence electrons. The maximum Gasteiger partial charge on any atom is 0.198 e. The monoisotopic (exact) mass is 319 g/mol. The highest BCUT2D eigenvalue weighted by Gasteiger charge is 2.33. The average molecular weight is 319 g/mol. The minimum absolute atomic E-state index is 0.163. The van der Waals surface area contributed by atoms with Gasteiger partial charge < -0.3 is 4.52 Å². The van der Waals surface area contributed by atoms with Gasteiger partial charge in [-0.05, 0) is 49.9 Å². The Hall–Kier alpha value is -1.95. The summed E-state index contributed by atoms with van der Waals surface area (Å²) >= 11 is 0. The number of hydrogen-bond donors (Lipinski definition) is 0. The lowest BCUT2D eigenvalue weighted by Crippen LogP contribution is -2.09. The number of sulfone groups is 1. The fourth-order valence-corrected chi connectivity index (χ4v) is 3.67. The smallest absolute Gasteiger partial charge is 0.198 e. The highest BCUT2D eigenvalue weighted by atomic mass is 32.2.